The summed E-state index contributed by atoms with van der Waals surface area (Å²) in [5, 5.41) is 0. The first kappa shape index (κ1) is 23.7. The van der Waals surface area contributed by atoms with E-state index < -0.39 is 0 Å². The van der Waals surface area contributed by atoms with Gasteiger partial charge in [0.15, 0.2) is 0 Å². The highest BCUT2D eigenvalue weighted by atomic mass is 15.1. The Morgan fingerprint density at radius 3 is 1.44 bits per heavy atom. The van der Waals surface area contributed by atoms with Crippen molar-refractivity contribution in [2.24, 2.45) is 5.73 Å². The van der Waals surface area contributed by atoms with Crippen LogP contribution in [-0.2, 0) is 12.8 Å². The van der Waals surface area contributed by atoms with E-state index in [0.29, 0.717) is 0 Å². The monoisotopic (exact) mass is 446 g/mol. The van der Waals surface area contributed by atoms with Gasteiger partial charge in [0.2, 0.25) is 0 Å². The van der Waals surface area contributed by atoms with E-state index in [2.05, 4.69) is 139 Å². The first-order valence-electron chi connectivity index (χ1n) is 12.0. The van der Waals surface area contributed by atoms with E-state index in [1.807, 2.05) is 0 Å². The van der Waals surface area contributed by atoms with Crippen LogP contribution >= 0.6 is 0 Å². The second-order valence-corrected chi connectivity index (χ2v) is 9.23. The molecule has 4 aromatic rings. The minimum Gasteiger partial charge on any atom is -0.323 e. The van der Waals surface area contributed by atoms with Crippen molar-refractivity contribution in [1.29, 1.82) is 0 Å². The van der Waals surface area contributed by atoms with Crippen LogP contribution in [0.15, 0.2) is 127 Å². The average molecular weight is 447 g/mol. The highest BCUT2D eigenvalue weighted by Gasteiger charge is 2.27. The number of hydrogen-bond donors (Lipinski definition) is 1. The summed E-state index contributed by atoms with van der Waals surface area (Å²) in [6, 6.07) is 42.4. The Balaban J connectivity index is 1.55. The molecule has 0 saturated carbocycles. The molecule has 2 N–H and O–H groups in total. The van der Waals surface area contributed by atoms with Gasteiger partial charge in [-0.05, 0) is 47.7 Å². The van der Waals surface area contributed by atoms with Crippen LogP contribution in [0, 0.1) is 0 Å². The fourth-order valence-corrected chi connectivity index (χ4v) is 4.67. The van der Waals surface area contributed by atoms with Crippen LogP contribution in [0.4, 0.5) is 0 Å². The van der Waals surface area contributed by atoms with Crippen molar-refractivity contribution in [2.75, 3.05) is 20.1 Å². The smallest absolute Gasteiger partial charge is 0.0365 e. The van der Waals surface area contributed by atoms with Gasteiger partial charge in [-0.1, -0.05) is 127 Å². The van der Waals surface area contributed by atoms with Gasteiger partial charge in [0.1, 0.15) is 0 Å². The van der Waals surface area contributed by atoms with Gasteiger partial charge in [-0.25, -0.2) is 0 Å². The third-order valence-electron chi connectivity index (χ3n) is 6.16. The highest BCUT2D eigenvalue weighted by Crippen LogP contribution is 2.24. The summed E-state index contributed by atoms with van der Waals surface area (Å²) in [5.41, 5.74) is 13.0. The van der Waals surface area contributed by atoms with Gasteiger partial charge < -0.3 is 10.6 Å². The summed E-state index contributed by atoms with van der Waals surface area (Å²) >= 11 is 0. The minimum absolute atomic E-state index is 0.370. The lowest BCUT2D eigenvalue weighted by Gasteiger charge is -2.34. The number of rotatable bonds is 10. The number of hydrogen-bond acceptors (Lipinski definition) is 2. The molecule has 0 aliphatic rings. The maximum Gasteiger partial charge on any atom is 0.0365 e. The standard InChI is InChI=1S/C32H34N2/c1-34(23-22-31(29-18-10-4-11-19-29)30-20-12-5-13-21-30)26-32(33,24-27-14-6-2-7-15-27)25-28-16-8-3-9-17-28/h2-22H,23-26,33H2,1H3. The molecule has 0 aliphatic heterocycles. The predicted molar refractivity (Wildman–Crippen MR) is 145 cm³/mol. The SMILES string of the molecule is CN(CC=C(c1ccccc1)c1ccccc1)CC(N)(Cc1ccccc1)Cc1ccccc1. The molecule has 0 unspecified atom stereocenters. The molecular formula is C32H34N2. The zero-order valence-corrected chi connectivity index (χ0v) is 20.0. The molecule has 2 heteroatoms. The fourth-order valence-electron chi connectivity index (χ4n) is 4.67. The summed E-state index contributed by atoms with van der Waals surface area (Å²) in [6.07, 6.45) is 4.00. The highest BCUT2D eigenvalue weighted by molar-refractivity contribution is 5.79. The van der Waals surface area contributed by atoms with E-state index in [9.17, 15) is 0 Å². The Bertz CT molecular complexity index is 1070. The van der Waals surface area contributed by atoms with Crippen LogP contribution in [0.1, 0.15) is 22.3 Å². The predicted octanol–water partition coefficient (Wildman–Crippen LogP) is 6.23. The molecule has 4 aromatic carbocycles. The van der Waals surface area contributed by atoms with Crippen LogP contribution in [0.3, 0.4) is 0 Å². The lowest BCUT2D eigenvalue weighted by Crippen LogP contribution is -2.52. The van der Waals surface area contributed by atoms with E-state index in [1.54, 1.807) is 0 Å². The summed E-state index contributed by atoms with van der Waals surface area (Å²) in [4.78, 5) is 2.34. The molecule has 0 amide bonds. The lowest BCUT2D eigenvalue weighted by atomic mass is 9.85. The lowest BCUT2D eigenvalue weighted by molar-refractivity contribution is 0.259. The zero-order valence-electron chi connectivity index (χ0n) is 20.0. The summed E-state index contributed by atoms with van der Waals surface area (Å²) in [7, 11) is 2.17. The Hall–Kier alpha value is -3.46. The van der Waals surface area contributed by atoms with Gasteiger partial charge in [0.05, 0.1) is 0 Å². The third-order valence-corrected chi connectivity index (χ3v) is 6.16. The zero-order chi connectivity index (χ0) is 23.6. The number of likely N-dealkylation sites (N-methyl/N-ethyl adjacent to an activating group) is 1. The molecule has 0 radical (unpaired) electrons. The van der Waals surface area contributed by atoms with Gasteiger partial charge in [-0.15, -0.1) is 0 Å². The largest absolute Gasteiger partial charge is 0.323 e. The van der Waals surface area contributed by atoms with Gasteiger partial charge in [0.25, 0.3) is 0 Å². The fraction of sp³-hybridized carbons (Fsp3) is 0.188. The van der Waals surface area contributed by atoms with Gasteiger partial charge in [0, 0.05) is 18.6 Å². The molecule has 34 heavy (non-hydrogen) atoms. The molecule has 0 fully saturated rings. The van der Waals surface area contributed by atoms with Crippen molar-refractivity contribution in [3.8, 4) is 0 Å². The molecule has 0 spiro atoms. The molecule has 0 saturated heterocycles. The number of nitrogens with zero attached hydrogens (tertiary/aromatic N) is 1. The van der Waals surface area contributed by atoms with E-state index >= 15 is 0 Å². The normalized spacial score (nSPS) is 11.4. The molecule has 0 atom stereocenters. The maximum atomic E-state index is 7.13. The van der Waals surface area contributed by atoms with Crippen molar-refractivity contribution >= 4 is 5.57 Å². The molecular weight excluding hydrogens is 412 g/mol. The van der Waals surface area contributed by atoms with Crippen molar-refractivity contribution in [2.45, 2.75) is 18.4 Å². The average Bonchev–Trinajstić information content (AvgIpc) is 2.86. The topological polar surface area (TPSA) is 29.3 Å². The molecule has 0 aromatic heterocycles. The van der Waals surface area contributed by atoms with Crippen LogP contribution in [-0.4, -0.2) is 30.6 Å². The maximum absolute atomic E-state index is 7.13. The summed E-state index contributed by atoms with van der Waals surface area (Å²) in [5.74, 6) is 0. The molecule has 0 aliphatic carbocycles. The molecule has 2 nitrogen and oxygen atoms in total. The minimum atomic E-state index is -0.370. The Kier molecular flexibility index (Phi) is 8.08. The molecule has 4 rings (SSSR count). The van der Waals surface area contributed by atoms with Crippen LogP contribution in [0.2, 0.25) is 0 Å². The van der Waals surface area contributed by atoms with E-state index in [-0.39, 0.29) is 5.54 Å². The summed E-state index contributed by atoms with van der Waals surface area (Å²) < 4.78 is 0. The second-order valence-electron chi connectivity index (χ2n) is 9.23. The van der Waals surface area contributed by atoms with Crippen LogP contribution < -0.4 is 5.73 Å². The van der Waals surface area contributed by atoms with Gasteiger partial charge >= 0.3 is 0 Å². The van der Waals surface area contributed by atoms with E-state index in [0.717, 1.165) is 25.9 Å². The Morgan fingerprint density at radius 2 is 1.03 bits per heavy atom. The molecule has 172 valence electrons. The van der Waals surface area contributed by atoms with Crippen molar-refractivity contribution < 1.29 is 0 Å². The Labute approximate surface area is 204 Å². The number of nitrogens with two attached hydrogens (primary N) is 1. The molecule has 0 heterocycles. The summed E-state index contributed by atoms with van der Waals surface area (Å²) in [6.45, 7) is 1.62. The van der Waals surface area contributed by atoms with Crippen LogP contribution in [0.5, 0.6) is 0 Å². The first-order chi connectivity index (χ1) is 16.6. The second kappa shape index (κ2) is 11.6. The van der Waals surface area contributed by atoms with Crippen molar-refractivity contribution in [3.05, 3.63) is 150 Å². The third kappa shape index (κ3) is 6.77. The Morgan fingerprint density at radius 1 is 0.647 bits per heavy atom. The van der Waals surface area contributed by atoms with E-state index in [1.165, 1.54) is 27.8 Å². The van der Waals surface area contributed by atoms with E-state index in [4.69, 9.17) is 5.73 Å². The van der Waals surface area contributed by atoms with Crippen molar-refractivity contribution in [1.82, 2.24) is 4.90 Å². The van der Waals surface area contributed by atoms with Crippen LogP contribution in [0.25, 0.3) is 5.57 Å². The van der Waals surface area contributed by atoms with Gasteiger partial charge in [-0.2, -0.15) is 0 Å². The first-order valence-corrected chi connectivity index (χ1v) is 12.0. The van der Waals surface area contributed by atoms with Gasteiger partial charge in [-0.3, -0.25) is 0 Å². The van der Waals surface area contributed by atoms with Crippen molar-refractivity contribution in [3.63, 3.8) is 0 Å². The molecule has 0 bridgehead atoms. The quantitative estimate of drug-likeness (QED) is 0.313. The number of benzene rings is 4.